The molecule has 0 spiro atoms. The summed E-state index contributed by atoms with van der Waals surface area (Å²) in [6.45, 7) is 5.68. The van der Waals surface area contributed by atoms with E-state index in [4.69, 9.17) is 9.47 Å². The molecule has 1 aliphatic heterocycles. The maximum Gasteiger partial charge on any atom is 0.306 e. The maximum absolute atomic E-state index is 11.9. The third-order valence-corrected chi connectivity index (χ3v) is 4.30. The normalized spacial score (nSPS) is 16.5. The number of aromatic hydroxyl groups is 1. The number of carbonyl (C=O) groups excluding carboxylic acids is 1. The zero-order valence-electron chi connectivity index (χ0n) is 13.5. The molecule has 22 heavy (non-hydrogen) atoms. The minimum absolute atomic E-state index is 0.0212. The number of hydrogen-bond acceptors (Lipinski definition) is 4. The van der Waals surface area contributed by atoms with Crippen LogP contribution in [0.15, 0.2) is 24.3 Å². The Morgan fingerprint density at radius 3 is 2.55 bits per heavy atom. The van der Waals surface area contributed by atoms with Gasteiger partial charge in [0.05, 0.1) is 13.2 Å². The van der Waals surface area contributed by atoms with Crippen LogP contribution in [0.4, 0.5) is 0 Å². The van der Waals surface area contributed by atoms with E-state index in [0.29, 0.717) is 19.6 Å². The fraction of sp³-hybridized carbons (Fsp3) is 0.611. The highest BCUT2D eigenvalue weighted by Crippen LogP contribution is 2.30. The second kappa shape index (κ2) is 7.63. The van der Waals surface area contributed by atoms with E-state index in [1.54, 1.807) is 12.1 Å². The van der Waals surface area contributed by atoms with Gasteiger partial charge in [-0.2, -0.15) is 0 Å². The van der Waals surface area contributed by atoms with Crippen molar-refractivity contribution in [3.63, 3.8) is 0 Å². The van der Waals surface area contributed by atoms with E-state index in [9.17, 15) is 9.90 Å². The number of phenolic OH excluding ortho intramolecular Hbond substituents is 1. The largest absolute Gasteiger partial charge is 0.508 e. The molecule has 1 fully saturated rings. The summed E-state index contributed by atoms with van der Waals surface area (Å²) in [6, 6.07) is 7.29. The van der Waals surface area contributed by atoms with E-state index in [2.05, 4.69) is 13.8 Å². The molecule has 0 saturated carbocycles. The van der Waals surface area contributed by atoms with Crippen LogP contribution in [-0.2, 0) is 19.7 Å². The van der Waals surface area contributed by atoms with Crippen LogP contribution in [0.25, 0.3) is 0 Å². The summed E-state index contributed by atoms with van der Waals surface area (Å²) in [4.78, 5) is 11.9. The van der Waals surface area contributed by atoms with E-state index >= 15 is 0 Å². The van der Waals surface area contributed by atoms with Crippen LogP contribution in [0, 0.1) is 0 Å². The molecule has 1 N–H and O–H groups in total. The number of rotatable bonds is 6. The van der Waals surface area contributed by atoms with Crippen LogP contribution in [-0.4, -0.2) is 30.4 Å². The lowest BCUT2D eigenvalue weighted by Crippen LogP contribution is -2.26. The molecule has 1 saturated heterocycles. The van der Waals surface area contributed by atoms with Gasteiger partial charge in [-0.1, -0.05) is 26.0 Å². The maximum atomic E-state index is 11.9. The summed E-state index contributed by atoms with van der Waals surface area (Å²) < 4.78 is 10.7. The Balaban J connectivity index is 1.74. The van der Waals surface area contributed by atoms with Gasteiger partial charge in [-0.25, -0.2) is 0 Å². The molecule has 1 aromatic carbocycles. The van der Waals surface area contributed by atoms with Gasteiger partial charge in [0.15, 0.2) is 0 Å². The van der Waals surface area contributed by atoms with Crippen molar-refractivity contribution in [2.45, 2.75) is 57.5 Å². The second-order valence-corrected chi connectivity index (χ2v) is 6.59. The van der Waals surface area contributed by atoms with Gasteiger partial charge in [-0.05, 0) is 36.0 Å². The average Bonchev–Trinajstić information content (AvgIpc) is 2.48. The third-order valence-electron chi connectivity index (χ3n) is 4.30. The first-order valence-electron chi connectivity index (χ1n) is 8.04. The summed E-state index contributed by atoms with van der Waals surface area (Å²) in [7, 11) is 0. The van der Waals surface area contributed by atoms with Gasteiger partial charge in [0, 0.05) is 19.3 Å². The number of esters is 1. The van der Waals surface area contributed by atoms with Gasteiger partial charge in [0.2, 0.25) is 0 Å². The van der Waals surface area contributed by atoms with Gasteiger partial charge in [-0.15, -0.1) is 0 Å². The third kappa shape index (κ3) is 5.02. The Labute approximate surface area is 132 Å². The first-order valence-corrected chi connectivity index (χ1v) is 8.04. The van der Waals surface area contributed by atoms with Crippen molar-refractivity contribution < 1.29 is 19.4 Å². The van der Waals surface area contributed by atoms with Crippen LogP contribution in [0.2, 0.25) is 0 Å². The predicted molar refractivity (Wildman–Crippen MR) is 84.9 cm³/mol. The monoisotopic (exact) mass is 306 g/mol. The molecule has 0 atom stereocenters. The van der Waals surface area contributed by atoms with Crippen LogP contribution < -0.4 is 0 Å². The second-order valence-electron chi connectivity index (χ2n) is 6.59. The standard InChI is InChI=1S/C18H26O4/c1-18(2,14-5-7-15(19)8-6-14)11-3-4-17(20)22-16-9-12-21-13-10-16/h5-8,16,19H,3-4,9-13H2,1-2H3. The lowest BCUT2D eigenvalue weighted by atomic mass is 9.80. The van der Waals surface area contributed by atoms with Crippen LogP contribution in [0.3, 0.4) is 0 Å². The molecular formula is C18H26O4. The Hall–Kier alpha value is -1.55. The van der Waals surface area contributed by atoms with Crippen molar-refractivity contribution in [1.29, 1.82) is 0 Å². The lowest BCUT2D eigenvalue weighted by molar-refractivity contribution is -0.153. The SMILES string of the molecule is CC(C)(CCCC(=O)OC1CCOCC1)c1ccc(O)cc1. The van der Waals surface area contributed by atoms with E-state index in [1.807, 2.05) is 12.1 Å². The molecule has 1 aromatic rings. The fourth-order valence-electron chi connectivity index (χ4n) is 2.77. The Morgan fingerprint density at radius 2 is 1.91 bits per heavy atom. The van der Waals surface area contributed by atoms with Gasteiger partial charge < -0.3 is 14.6 Å². The summed E-state index contributed by atoms with van der Waals surface area (Å²) in [5.74, 6) is 0.174. The van der Waals surface area contributed by atoms with Crippen molar-refractivity contribution >= 4 is 5.97 Å². The number of hydrogen-bond donors (Lipinski definition) is 1. The molecule has 4 nitrogen and oxygen atoms in total. The molecular weight excluding hydrogens is 280 g/mol. The summed E-state index contributed by atoms with van der Waals surface area (Å²) in [6.07, 6.45) is 3.82. The molecule has 0 aliphatic carbocycles. The molecule has 0 unspecified atom stereocenters. The van der Waals surface area contributed by atoms with Gasteiger partial charge in [0.1, 0.15) is 11.9 Å². The summed E-state index contributed by atoms with van der Waals surface area (Å²) >= 11 is 0. The van der Waals surface area contributed by atoms with Gasteiger partial charge in [-0.3, -0.25) is 4.79 Å². The predicted octanol–water partition coefficient (Wildman–Crippen LogP) is 3.56. The molecule has 122 valence electrons. The van der Waals surface area contributed by atoms with Crippen molar-refractivity contribution in [3.05, 3.63) is 29.8 Å². The molecule has 4 heteroatoms. The average molecular weight is 306 g/mol. The molecule has 2 rings (SSSR count). The van der Waals surface area contributed by atoms with Crippen molar-refractivity contribution in [3.8, 4) is 5.75 Å². The first-order chi connectivity index (χ1) is 10.5. The summed E-state index contributed by atoms with van der Waals surface area (Å²) in [5.41, 5.74) is 1.15. The Bertz CT molecular complexity index is 472. The van der Waals surface area contributed by atoms with Crippen LogP contribution in [0.1, 0.15) is 51.5 Å². The molecule has 0 aromatic heterocycles. The van der Waals surface area contributed by atoms with Crippen LogP contribution in [0.5, 0.6) is 5.75 Å². The lowest BCUT2D eigenvalue weighted by Gasteiger charge is -2.26. The van der Waals surface area contributed by atoms with Crippen molar-refractivity contribution in [2.75, 3.05) is 13.2 Å². The molecule has 0 radical (unpaired) electrons. The van der Waals surface area contributed by atoms with E-state index < -0.39 is 0 Å². The van der Waals surface area contributed by atoms with Crippen molar-refractivity contribution in [1.82, 2.24) is 0 Å². The number of ether oxygens (including phenoxy) is 2. The quantitative estimate of drug-likeness (QED) is 0.816. The minimum Gasteiger partial charge on any atom is -0.508 e. The fourth-order valence-corrected chi connectivity index (χ4v) is 2.77. The smallest absolute Gasteiger partial charge is 0.306 e. The molecule has 0 amide bonds. The zero-order chi connectivity index (χ0) is 16.0. The Kier molecular flexibility index (Phi) is 5.83. The van der Waals surface area contributed by atoms with Crippen LogP contribution >= 0.6 is 0 Å². The number of benzene rings is 1. The zero-order valence-corrected chi connectivity index (χ0v) is 13.5. The molecule has 1 aliphatic rings. The highest BCUT2D eigenvalue weighted by molar-refractivity contribution is 5.69. The molecule has 0 bridgehead atoms. The van der Waals surface area contributed by atoms with Gasteiger partial charge in [0.25, 0.3) is 0 Å². The van der Waals surface area contributed by atoms with Crippen molar-refractivity contribution in [2.24, 2.45) is 0 Å². The number of phenols is 1. The highest BCUT2D eigenvalue weighted by Gasteiger charge is 2.22. The minimum atomic E-state index is -0.103. The molecule has 1 heterocycles. The summed E-state index contributed by atoms with van der Waals surface area (Å²) in [5, 5.41) is 9.36. The Morgan fingerprint density at radius 1 is 1.27 bits per heavy atom. The van der Waals surface area contributed by atoms with E-state index in [1.165, 1.54) is 5.56 Å². The van der Waals surface area contributed by atoms with Gasteiger partial charge >= 0.3 is 5.97 Å². The topological polar surface area (TPSA) is 55.8 Å². The van der Waals surface area contributed by atoms with E-state index in [0.717, 1.165) is 25.7 Å². The number of carbonyl (C=O) groups is 1. The first kappa shape index (κ1) is 16.8. The van der Waals surface area contributed by atoms with E-state index in [-0.39, 0.29) is 23.2 Å². The highest BCUT2D eigenvalue weighted by atomic mass is 16.5.